The summed E-state index contributed by atoms with van der Waals surface area (Å²) in [6.45, 7) is 0. The summed E-state index contributed by atoms with van der Waals surface area (Å²) in [5.74, 6) is 1.48. The van der Waals surface area contributed by atoms with Gasteiger partial charge >= 0.3 is 0 Å². The Balaban J connectivity index is 1.16. The molecule has 0 aliphatic rings. The van der Waals surface area contributed by atoms with E-state index < -0.39 is 0 Å². The molecule has 220 valence electrons. The first kappa shape index (κ1) is 25.8. The average molecular weight is 604 g/mol. The third-order valence-electron chi connectivity index (χ3n) is 9.14. The molecule has 5 heterocycles. The van der Waals surface area contributed by atoms with Crippen LogP contribution in [0.25, 0.3) is 77.0 Å². The zero-order valence-corrected chi connectivity index (χ0v) is 25.1. The van der Waals surface area contributed by atoms with Gasteiger partial charge in [0.25, 0.3) is 0 Å². The van der Waals surface area contributed by atoms with Crippen LogP contribution in [0.1, 0.15) is 0 Å². The molecule has 0 bridgehead atoms. The first-order chi connectivity index (χ1) is 23.3. The fourth-order valence-electron chi connectivity index (χ4n) is 7.12. The van der Waals surface area contributed by atoms with Gasteiger partial charge in [0.2, 0.25) is 0 Å². The molecule has 0 radical (unpaired) electrons. The molecule has 0 saturated carbocycles. The van der Waals surface area contributed by atoms with Crippen molar-refractivity contribution in [1.29, 1.82) is 0 Å². The zero-order chi connectivity index (χ0) is 30.9. The summed E-state index contributed by atoms with van der Waals surface area (Å²) in [6, 6.07) is 42.3. The number of ether oxygens (including phenoxy) is 1. The number of pyridine rings is 3. The molecule has 0 unspecified atom stereocenters. The summed E-state index contributed by atoms with van der Waals surface area (Å²) >= 11 is 0. The Bertz CT molecular complexity index is 2820. The number of imidazole rings is 2. The first-order valence-electron chi connectivity index (χ1n) is 15.6. The van der Waals surface area contributed by atoms with Gasteiger partial charge in [-0.25, -0.2) is 15.0 Å². The van der Waals surface area contributed by atoms with Crippen molar-refractivity contribution in [1.82, 2.24) is 23.8 Å². The largest absolute Gasteiger partial charge is 0.457 e. The van der Waals surface area contributed by atoms with Crippen molar-refractivity contribution in [2.75, 3.05) is 0 Å². The fourth-order valence-corrected chi connectivity index (χ4v) is 7.12. The molecule has 5 aromatic heterocycles. The summed E-state index contributed by atoms with van der Waals surface area (Å²) in [5, 5.41) is 6.48. The third-order valence-corrected chi connectivity index (χ3v) is 9.14. The number of nitrogens with zero attached hydrogens (tertiary/aromatic N) is 5. The summed E-state index contributed by atoms with van der Waals surface area (Å²) in [4.78, 5) is 14.1. The maximum Gasteiger partial charge on any atom is 0.146 e. The molecule has 10 rings (SSSR count). The van der Waals surface area contributed by atoms with Crippen LogP contribution in [0.4, 0.5) is 0 Å². The molecular formula is C41H25N5O. The Morgan fingerprint density at radius 1 is 0.426 bits per heavy atom. The van der Waals surface area contributed by atoms with E-state index in [1.54, 1.807) is 0 Å². The lowest BCUT2D eigenvalue weighted by Gasteiger charge is -2.18. The first-order valence-corrected chi connectivity index (χ1v) is 15.6. The Labute approximate surface area is 268 Å². The molecule has 0 aliphatic heterocycles. The molecule has 47 heavy (non-hydrogen) atoms. The summed E-state index contributed by atoms with van der Waals surface area (Å²) in [5.41, 5.74) is 8.47. The van der Waals surface area contributed by atoms with Crippen molar-refractivity contribution in [3.63, 3.8) is 0 Å². The maximum absolute atomic E-state index is 6.55. The normalized spacial score (nSPS) is 11.8. The molecule has 10 aromatic rings. The quantitative estimate of drug-likeness (QED) is 0.188. The highest BCUT2D eigenvalue weighted by atomic mass is 16.5. The molecule has 0 atom stereocenters. The minimum atomic E-state index is 0.740. The molecular weight excluding hydrogens is 578 g/mol. The van der Waals surface area contributed by atoms with Crippen LogP contribution in [0.15, 0.2) is 152 Å². The predicted molar refractivity (Wildman–Crippen MR) is 189 cm³/mol. The molecule has 5 aromatic carbocycles. The molecule has 0 amide bonds. The van der Waals surface area contributed by atoms with E-state index in [0.29, 0.717) is 0 Å². The SMILES string of the molecule is c1ccc(-c2ccc3c4ccc(Oc5ccc6c7cccnc7n7ccnc7c6c5)cc4c4nccn4c3c2-c2ccccc2)cc1. The van der Waals surface area contributed by atoms with E-state index in [1.165, 1.54) is 16.7 Å². The average Bonchev–Trinajstić information content (AvgIpc) is 3.84. The van der Waals surface area contributed by atoms with E-state index in [1.807, 2.05) is 47.4 Å². The number of aromatic nitrogens is 5. The topological polar surface area (TPSA) is 56.7 Å². The number of hydrogen-bond donors (Lipinski definition) is 0. The van der Waals surface area contributed by atoms with E-state index in [4.69, 9.17) is 9.72 Å². The summed E-state index contributed by atoms with van der Waals surface area (Å²) in [6.07, 6.45) is 9.52. The highest BCUT2D eigenvalue weighted by Crippen LogP contribution is 2.42. The molecule has 0 N–H and O–H groups in total. The van der Waals surface area contributed by atoms with E-state index in [2.05, 4.69) is 124 Å². The lowest BCUT2D eigenvalue weighted by molar-refractivity contribution is 0.484. The number of hydrogen-bond acceptors (Lipinski definition) is 4. The van der Waals surface area contributed by atoms with Crippen LogP contribution in [0.2, 0.25) is 0 Å². The van der Waals surface area contributed by atoms with Crippen LogP contribution in [0.3, 0.4) is 0 Å². The van der Waals surface area contributed by atoms with Crippen molar-refractivity contribution in [2.24, 2.45) is 0 Å². The van der Waals surface area contributed by atoms with Crippen molar-refractivity contribution in [3.8, 4) is 33.8 Å². The van der Waals surface area contributed by atoms with Crippen molar-refractivity contribution in [3.05, 3.63) is 152 Å². The number of benzene rings is 5. The van der Waals surface area contributed by atoms with E-state index >= 15 is 0 Å². The monoisotopic (exact) mass is 603 g/mol. The van der Waals surface area contributed by atoms with Crippen molar-refractivity contribution < 1.29 is 4.74 Å². The van der Waals surface area contributed by atoms with Crippen molar-refractivity contribution in [2.45, 2.75) is 0 Å². The standard InChI is InChI=1S/C41H25N5O/c1-3-8-26(9-4-1)30-17-18-33-31-15-13-28(24-35(31)40-43-20-22-45(40)38(33)37(30)27-10-5-2-6-11-27)47-29-14-16-32-34-12-7-19-42-39(34)46-23-21-44-41(46)36(32)25-29/h1-25H. The molecule has 0 aliphatic carbocycles. The Morgan fingerprint density at radius 2 is 1.00 bits per heavy atom. The molecule has 6 heteroatoms. The fraction of sp³-hybridized carbons (Fsp3) is 0. The minimum absolute atomic E-state index is 0.740. The number of fused-ring (bicyclic) bond motifs is 12. The highest BCUT2D eigenvalue weighted by Gasteiger charge is 2.19. The Morgan fingerprint density at radius 3 is 1.72 bits per heavy atom. The number of rotatable bonds is 4. The van der Waals surface area contributed by atoms with Crippen molar-refractivity contribution >= 4 is 54.8 Å². The lowest BCUT2D eigenvalue weighted by atomic mass is 9.90. The van der Waals surface area contributed by atoms with Gasteiger partial charge < -0.3 is 4.74 Å². The smallest absolute Gasteiger partial charge is 0.146 e. The van der Waals surface area contributed by atoms with Crippen LogP contribution in [0, 0.1) is 0 Å². The van der Waals surface area contributed by atoms with Crippen LogP contribution in [-0.2, 0) is 0 Å². The van der Waals surface area contributed by atoms with E-state index in [-0.39, 0.29) is 0 Å². The minimum Gasteiger partial charge on any atom is -0.457 e. The summed E-state index contributed by atoms with van der Waals surface area (Å²) < 4.78 is 10.8. The third kappa shape index (κ3) is 3.88. The van der Waals surface area contributed by atoms with Gasteiger partial charge in [-0.05, 0) is 76.0 Å². The Hall–Kier alpha value is -6.53. The van der Waals surface area contributed by atoms with E-state index in [0.717, 1.165) is 71.8 Å². The zero-order valence-electron chi connectivity index (χ0n) is 25.1. The Kier molecular flexibility index (Phi) is 5.48. The van der Waals surface area contributed by atoms with Crippen LogP contribution >= 0.6 is 0 Å². The molecule has 0 fully saturated rings. The maximum atomic E-state index is 6.55. The van der Waals surface area contributed by atoms with Crippen LogP contribution in [-0.4, -0.2) is 23.8 Å². The molecule has 0 spiro atoms. The molecule has 6 nitrogen and oxygen atoms in total. The lowest BCUT2D eigenvalue weighted by Crippen LogP contribution is -1.96. The van der Waals surface area contributed by atoms with Gasteiger partial charge in [-0.1, -0.05) is 72.8 Å². The predicted octanol–water partition coefficient (Wildman–Crippen LogP) is 10.1. The second-order valence-electron chi connectivity index (χ2n) is 11.7. The van der Waals surface area contributed by atoms with Gasteiger partial charge in [0.15, 0.2) is 0 Å². The summed E-state index contributed by atoms with van der Waals surface area (Å²) in [7, 11) is 0. The second-order valence-corrected chi connectivity index (χ2v) is 11.7. The highest BCUT2D eigenvalue weighted by molar-refractivity contribution is 6.17. The van der Waals surface area contributed by atoms with Gasteiger partial charge in [-0.2, -0.15) is 0 Å². The molecule has 0 saturated heterocycles. The van der Waals surface area contributed by atoms with Crippen LogP contribution < -0.4 is 4.74 Å². The van der Waals surface area contributed by atoms with Gasteiger partial charge in [-0.15, -0.1) is 0 Å². The van der Waals surface area contributed by atoms with Gasteiger partial charge in [0, 0.05) is 58.1 Å². The van der Waals surface area contributed by atoms with E-state index in [9.17, 15) is 0 Å². The van der Waals surface area contributed by atoms with Gasteiger partial charge in [0.05, 0.1) is 5.52 Å². The van der Waals surface area contributed by atoms with Gasteiger partial charge in [-0.3, -0.25) is 8.80 Å². The second kappa shape index (κ2) is 9.99. The van der Waals surface area contributed by atoms with Gasteiger partial charge in [0.1, 0.15) is 28.4 Å². The van der Waals surface area contributed by atoms with Crippen LogP contribution in [0.5, 0.6) is 11.5 Å².